The first-order valence-electron chi connectivity index (χ1n) is 11.2. The second-order valence-corrected chi connectivity index (χ2v) is 9.87. The Morgan fingerprint density at radius 3 is 2.59 bits per heavy atom. The molecule has 1 heterocycles. The molecule has 5 nitrogen and oxygen atoms in total. The van der Waals surface area contributed by atoms with Gasteiger partial charge < -0.3 is 15.5 Å². The highest BCUT2D eigenvalue weighted by molar-refractivity contribution is 6.30. The van der Waals surface area contributed by atoms with E-state index in [4.69, 9.17) is 11.6 Å². The largest absolute Gasteiger partial charge is 0.357 e. The maximum Gasteiger partial charge on any atom is 0.239 e. The van der Waals surface area contributed by atoms with Gasteiger partial charge in [0.2, 0.25) is 5.91 Å². The molecule has 4 rings (SSSR count). The van der Waals surface area contributed by atoms with E-state index in [1.54, 1.807) is 0 Å². The normalized spacial score (nSPS) is 19.6. The van der Waals surface area contributed by atoms with E-state index in [1.807, 2.05) is 48.5 Å². The zero-order valence-corrected chi connectivity index (χ0v) is 19.6. The fourth-order valence-corrected chi connectivity index (χ4v) is 4.91. The van der Waals surface area contributed by atoms with Crippen molar-refractivity contribution in [3.63, 3.8) is 0 Å². The molecule has 168 valence electrons. The third-order valence-corrected chi connectivity index (χ3v) is 6.48. The van der Waals surface area contributed by atoms with Crippen molar-refractivity contribution in [2.24, 2.45) is 5.41 Å². The Balaban J connectivity index is 1.62. The standard InChI is InChI=1S/C26H30ClN3O2/c1-4-21-25-20(13-26(2,3)14-23(25)31)29-19-7-5-6-8-22(19)30(21)16-24(32)28-15-17-9-11-18(27)12-10-17/h5-12,21,29H,4,13-16H2,1-3H3,(H,28,32)/t21-/m1/s1. The number of benzene rings is 2. The highest BCUT2D eigenvalue weighted by atomic mass is 35.5. The Labute approximate surface area is 194 Å². The van der Waals surface area contributed by atoms with Gasteiger partial charge in [0.15, 0.2) is 5.78 Å². The van der Waals surface area contributed by atoms with E-state index in [2.05, 4.69) is 36.3 Å². The van der Waals surface area contributed by atoms with Gasteiger partial charge in [-0.05, 0) is 48.1 Å². The van der Waals surface area contributed by atoms with Crippen LogP contribution in [0, 0.1) is 5.41 Å². The van der Waals surface area contributed by atoms with Gasteiger partial charge in [0, 0.05) is 29.3 Å². The maximum atomic E-state index is 13.3. The number of hydrogen-bond acceptors (Lipinski definition) is 4. The van der Waals surface area contributed by atoms with Crippen LogP contribution in [-0.2, 0) is 16.1 Å². The molecule has 1 aliphatic carbocycles. The van der Waals surface area contributed by atoms with Crippen LogP contribution >= 0.6 is 11.6 Å². The van der Waals surface area contributed by atoms with Gasteiger partial charge >= 0.3 is 0 Å². The van der Waals surface area contributed by atoms with E-state index in [1.165, 1.54) is 0 Å². The van der Waals surface area contributed by atoms with Crippen LogP contribution in [0.15, 0.2) is 59.8 Å². The molecular formula is C26H30ClN3O2. The zero-order chi connectivity index (χ0) is 22.9. The Hall–Kier alpha value is -2.79. The second-order valence-electron chi connectivity index (χ2n) is 9.43. The number of para-hydroxylation sites is 2. The van der Waals surface area contributed by atoms with Crippen LogP contribution in [0.25, 0.3) is 0 Å². The van der Waals surface area contributed by atoms with E-state index in [9.17, 15) is 9.59 Å². The fourth-order valence-electron chi connectivity index (χ4n) is 4.78. The quantitative estimate of drug-likeness (QED) is 0.646. The lowest BCUT2D eigenvalue weighted by Crippen LogP contribution is -2.46. The Bertz CT molecular complexity index is 1060. The SMILES string of the molecule is CC[C@@H]1C2=C(CC(C)(C)CC2=O)Nc2ccccc2N1CC(=O)NCc1ccc(Cl)cc1. The highest BCUT2D eigenvalue weighted by Gasteiger charge is 2.40. The van der Waals surface area contributed by atoms with Gasteiger partial charge in [0.05, 0.1) is 24.0 Å². The summed E-state index contributed by atoms with van der Waals surface area (Å²) in [6.07, 6.45) is 2.08. The summed E-state index contributed by atoms with van der Waals surface area (Å²) in [7, 11) is 0. The van der Waals surface area contributed by atoms with Crippen molar-refractivity contribution >= 4 is 34.7 Å². The van der Waals surface area contributed by atoms with Gasteiger partial charge in [-0.3, -0.25) is 9.59 Å². The van der Waals surface area contributed by atoms with Crippen molar-refractivity contribution < 1.29 is 9.59 Å². The number of nitrogens with zero attached hydrogens (tertiary/aromatic N) is 1. The second kappa shape index (κ2) is 8.99. The summed E-state index contributed by atoms with van der Waals surface area (Å²) >= 11 is 5.95. The van der Waals surface area contributed by atoms with E-state index in [0.717, 1.165) is 41.1 Å². The van der Waals surface area contributed by atoms with Gasteiger partial charge in [-0.25, -0.2) is 0 Å². The fraction of sp³-hybridized carbons (Fsp3) is 0.385. The number of hydrogen-bond donors (Lipinski definition) is 2. The molecule has 1 amide bonds. The molecule has 2 aliphatic rings. The topological polar surface area (TPSA) is 61.4 Å². The first-order valence-corrected chi connectivity index (χ1v) is 11.6. The van der Waals surface area contributed by atoms with Crippen molar-refractivity contribution in [3.8, 4) is 0 Å². The number of fused-ring (bicyclic) bond motifs is 1. The molecule has 0 saturated heterocycles. The Morgan fingerprint density at radius 1 is 1.16 bits per heavy atom. The predicted octanol–water partition coefficient (Wildman–Crippen LogP) is 5.31. The maximum absolute atomic E-state index is 13.3. The average molecular weight is 452 g/mol. The van der Waals surface area contributed by atoms with Gasteiger partial charge in [-0.2, -0.15) is 0 Å². The van der Waals surface area contributed by atoms with Crippen LogP contribution in [0.2, 0.25) is 5.02 Å². The summed E-state index contributed by atoms with van der Waals surface area (Å²) in [6.45, 7) is 6.96. The van der Waals surface area contributed by atoms with Crippen molar-refractivity contribution in [2.75, 3.05) is 16.8 Å². The molecule has 0 aromatic heterocycles. The number of allylic oxidation sites excluding steroid dienone is 1. The third kappa shape index (κ3) is 4.68. The van der Waals surface area contributed by atoms with Gasteiger partial charge in [-0.15, -0.1) is 0 Å². The lowest BCUT2D eigenvalue weighted by atomic mass is 9.74. The Kier molecular flexibility index (Phi) is 6.29. The zero-order valence-electron chi connectivity index (χ0n) is 18.9. The monoisotopic (exact) mass is 451 g/mol. The van der Waals surface area contributed by atoms with Crippen molar-refractivity contribution in [1.82, 2.24) is 5.32 Å². The highest BCUT2D eigenvalue weighted by Crippen LogP contribution is 2.44. The van der Waals surface area contributed by atoms with Gasteiger partial charge in [0.25, 0.3) is 0 Å². The van der Waals surface area contributed by atoms with Crippen molar-refractivity contribution in [3.05, 3.63) is 70.4 Å². The summed E-state index contributed by atoms with van der Waals surface area (Å²) in [5.74, 6) is 0.0934. The van der Waals surface area contributed by atoms with E-state index >= 15 is 0 Å². The number of anilines is 2. The average Bonchev–Trinajstić information content (AvgIpc) is 2.86. The third-order valence-electron chi connectivity index (χ3n) is 6.23. The Morgan fingerprint density at radius 2 is 1.88 bits per heavy atom. The minimum atomic E-state index is -0.147. The summed E-state index contributed by atoms with van der Waals surface area (Å²) < 4.78 is 0. The smallest absolute Gasteiger partial charge is 0.239 e. The molecule has 1 aliphatic heterocycles. The van der Waals surface area contributed by atoms with Crippen LogP contribution in [0.1, 0.15) is 45.6 Å². The molecule has 1 atom stereocenters. The number of amides is 1. The van der Waals surface area contributed by atoms with Crippen LogP contribution in [0.5, 0.6) is 0 Å². The van der Waals surface area contributed by atoms with E-state index in [-0.39, 0.29) is 29.7 Å². The molecule has 0 radical (unpaired) electrons. The number of carbonyl (C=O) groups is 2. The summed E-state index contributed by atoms with van der Waals surface area (Å²) in [6, 6.07) is 15.3. The molecule has 0 bridgehead atoms. The number of nitrogens with one attached hydrogen (secondary N) is 2. The lowest BCUT2D eigenvalue weighted by Gasteiger charge is -2.37. The molecule has 6 heteroatoms. The van der Waals surface area contributed by atoms with E-state index < -0.39 is 0 Å². The van der Waals surface area contributed by atoms with Crippen LogP contribution in [0.3, 0.4) is 0 Å². The molecule has 2 N–H and O–H groups in total. The van der Waals surface area contributed by atoms with Gasteiger partial charge in [-0.1, -0.05) is 56.6 Å². The van der Waals surface area contributed by atoms with Crippen LogP contribution in [-0.4, -0.2) is 24.3 Å². The molecule has 32 heavy (non-hydrogen) atoms. The minimum Gasteiger partial charge on any atom is -0.357 e. The first-order chi connectivity index (χ1) is 15.3. The molecule has 0 spiro atoms. The molecule has 0 fully saturated rings. The number of halogens is 1. The van der Waals surface area contributed by atoms with Crippen molar-refractivity contribution in [1.29, 1.82) is 0 Å². The minimum absolute atomic E-state index is 0.0821. The molecule has 0 unspecified atom stereocenters. The van der Waals surface area contributed by atoms with Crippen LogP contribution < -0.4 is 15.5 Å². The van der Waals surface area contributed by atoms with E-state index in [0.29, 0.717) is 18.0 Å². The number of ketones is 1. The summed E-state index contributed by atoms with van der Waals surface area (Å²) in [5.41, 5.74) is 4.61. The molecular weight excluding hydrogens is 422 g/mol. The number of Topliss-reactive ketones (excluding diaryl/α,β-unsaturated/α-hetero) is 1. The predicted molar refractivity (Wildman–Crippen MR) is 130 cm³/mol. The number of carbonyl (C=O) groups excluding carboxylic acids is 2. The molecule has 2 aromatic rings. The number of rotatable bonds is 5. The molecule has 0 saturated carbocycles. The lowest BCUT2D eigenvalue weighted by molar-refractivity contribution is -0.120. The van der Waals surface area contributed by atoms with Crippen LogP contribution in [0.4, 0.5) is 11.4 Å². The van der Waals surface area contributed by atoms with Crippen molar-refractivity contribution in [2.45, 2.75) is 52.6 Å². The summed E-state index contributed by atoms with van der Waals surface area (Å²) in [5, 5.41) is 7.23. The summed E-state index contributed by atoms with van der Waals surface area (Å²) in [4.78, 5) is 28.3. The van der Waals surface area contributed by atoms with Gasteiger partial charge in [0.1, 0.15) is 0 Å². The first kappa shape index (κ1) is 22.4. The molecule has 2 aromatic carbocycles.